The van der Waals surface area contributed by atoms with Crippen LogP contribution in [-0.4, -0.2) is 69.3 Å². The van der Waals surface area contributed by atoms with Gasteiger partial charge in [0.25, 0.3) is 0 Å². The fraction of sp³-hybridized carbons (Fsp3) is 0.684. The minimum atomic E-state index is -0.483. The first-order valence-corrected chi connectivity index (χ1v) is 9.03. The van der Waals surface area contributed by atoms with Gasteiger partial charge in [-0.2, -0.15) is 0 Å². The molecule has 2 aliphatic heterocycles. The molecular weight excluding hydrogens is 322 g/mol. The molecule has 25 heavy (non-hydrogen) atoms. The van der Waals surface area contributed by atoms with E-state index in [4.69, 9.17) is 18.9 Å². The highest BCUT2D eigenvalue weighted by Gasteiger charge is 2.22. The highest BCUT2D eigenvalue weighted by molar-refractivity contribution is 5.48. The van der Waals surface area contributed by atoms with E-state index >= 15 is 0 Å². The van der Waals surface area contributed by atoms with E-state index < -0.39 is 6.10 Å². The molecule has 0 bridgehead atoms. The van der Waals surface area contributed by atoms with Gasteiger partial charge < -0.3 is 24.1 Å². The zero-order valence-electron chi connectivity index (χ0n) is 15.2. The maximum absolute atomic E-state index is 10.3. The number of methoxy groups -OCH3 is 2. The van der Waals surface area contributed by atoms with E-state index in [9.17, 15) is 5.11 Å². The number of rotatable bonds is 8. The Morgan fingerprint density at radius 3 is 2.68 bits per heavy atom. The summed E-state index contributed by atoms with van der Waals surface area (Å²) in [5.74, 6) is 1.53. The minimum absolute atomic E-state index is 0.205. The van der Waals surface area contributed by atoms with Crippen molar-refractivity contribution >= 4 is 0 Å². The van der Waals surface area contributed by atoms with E-state index in [0.29, 0.717) is 19.8 Å². The Bertz CT molecular complexity index is 559. The van der Waals surface area contributed by atoms with Crippen LogP contribution < -0.4 is 9.47 Å². The topological polar surface area (TPSA) is 60.4 Å². The lowest BCUT2D eigenvalue weighted by Crippen LogP contribution is -2.38. The molecule has 6 heteroatoms. The maximum atomic E-state index is 10.3. The second-order valence-corrected chi connectivity index (χ2v) is 6.79. The average molecular weight is 351 g/mol. The van der Waals surface area contributed by atoms with Crippen molar-refractivity contribution in [3.05, 3.63) is 23.3 Å². The van der Waals surface area contributed by atoms with Gasteiger partial charge >= 0.3 is 0 Å². The van der Waals surface area contributed by atoms with Crippen molar-refractivity contribution < 1.29 is 24.1 Å². The van der Waals surface area contributed by atoms with E-state index in [-0.39, 0.29) is 6.10 Å². The highest BCUT2D eigenvalue weighted by Crippen LogP contribution is 2.33. The standard InChI is InChI=1S/C19H29NO5/c1-22-18-8-14-5-6-20(10-15(14)9-19(18)23-2)11-16(21)12-24-13-17-4-3-7-25-17/h8-9,16-17,21H,3-7,10-13H2,1-2H3/t16-,17-/m0/s1. The number of β-amino-alcohol motifs (C(OH)–C–C–N with tert-alkyl or cyclic N) is 1. The average Bonchev–Trinajstić information content (AvgIpc) is 3.13. The molecule has 6 nitrogen and oxygen atoms in total. The molecular formula is C19H29NO5. The van der Waals surface area contributed by atoms with Gasteiger partial charge in [0, 0.05) is 26.2 Å². The number of aliphatic hydroxyl groups is 1. The van der Waals surface area contributed by atoms with Crippen molar-refractivity contribution in [2.45, 2.75) is 38.0 Å². The lowest BCUT2D eigenvalue weighted by atomic mass is 9.98. The third-order valence-corrected chi connectivity index (χ3v) is 4.90. The predicted molar refractivity (Wildman–Crippen MR) is 94.3 cm³/mol. The molecule has 2 heterocycles. The van der Waals surface area contributed by atoms with Crippen molar-refractivity contribution in [1.82, 2.24) is 4.90 Å². The fourth-order valence-corrected chi connectivity index (χ4v) is 3.56. The van der Waals surface area contributed by atoms with E-state index in [1.165, 1.54) is 11.1 Å². The molecule has 0 radical (unpaired) electrons. The summed E-state index contributed by atoms with van der Waals surface area (Å²) in [6.07, 6.45) is 2.83. The summed E-state index contributed by atoms with van der Waals surface area (Å²) in [4.78, 5) is 2.26. The third-order valence-electron chi connectivity index (χ3n) is 4.90. The number of ether oxygens (including phenoxy) is 4. The van der Waals surface area contributed by atoms with Gasteiger partial charge in [-0.15, -0.1) is 0 Å². The van der Waals surface area contributed by atoms with Gasteiger partial charge in [0.2, 0.25) is 0 Å². The van der Waals surface area contributed by atoms with Crippen LogP contribution in [0.3, 0.4) is 0 Å². The number of aliphatic hydroxyl groups excluding tert-OH is 1. The Morgan fingerprint density at radius 2 is 2.00 bits per heavy atom. The lowest BCUT2D eigenvalue weighted by molar-refractivity contribution is -0.0261. The molecule has 0 aliphatic carbocycles. The summed E-state index contributed by atoms with van der Waals surface area (Å²) in [5, 5.41) is 10.3. The van der Waals surface area contributed by atoms with Gasteiger partial charge in [0.15, 0.2) is 11.5 Å². The molecule has 0 unspecified atom stereocenters. The second-order valence-electron chi connectivity index (χ2n) is 6.79. The first kappa shape index (κ1) is 18.5. The van der Waals surface area contributed by atoms with Crippen LogP contribution in [0.1, 0.15) is 24.0 Å². The number of fused-ring (bicyclic) bond motifs is 1. The summed E-state index contributed by atoms with van der Waals surface area (Å²) in [7, 11) is 3.31. The second kappa shape index (κ2) is 8.85. The predicted octanol–water partition coefficient (Wildman–Crippen LogP) is 1.62. The lowest BCUT2D eigenvalue weighted by Gasteiger charge is -2.31. The largest absolute Gasteiger partial charge is 0.493 e. The van der Waals surface area contributed by atoms with Crippen LogP contribution in [0.5, 0.6) is 11.5 Å². The number of nitrogens with zero attached hydrogens (tertiary/aromatic N) is 1. The summed E-state index contributed by atoms with van der Waals surface area (Å²) in [6.45, 7) is 4.10. The van der Waals surface area contributed by atoms with Crippen LogP contribution in [0.15, 0.2) is 12.1 Å². The van der Waals surface area contributed by atoms with Crippen molar-refractivity contribution in [3.63, 3.8) is 0 Å². The molecule has 0 spiro atoms. The Kier molecular flexibility index (Phi) is 6.53. The van der Waals surface area contributed by atoms with Crippen molar-refractivity contribution in [2.75, 3.05) is 47.1 Å². The summed E-state index contributed by atoms with van der Waals surface area (Å²) in [5.41, 5.74) is 2.52. The van der Waals surface area contributed by atoms with E-state index in [1.54, 1.807) is 14.2 Å². The number of hydrogen-bond acceptors (Lipinski definition) is 6. The van der Waals surface area contributed by atoms with E-state index in [2.05, 4.69) is 11.0 Å². The van der Waals surface area contributed by atoms with Crippen LogP contribution in [0.25, 0.3) is 0 Å². The van der Waals surface area contributed by atoms with Crippen molar-refractivity contribution in [3.8, 4) is 11.5 Å². The smallest absolute Gasteiger partial charge is 0.161 e. The molecule has 1 aromatic rings. The maximum Gasteiger partial charge on any atom is 0.161 e. The molecule has 1 N–H and O–H groups in total. The monoisotopic (exact) mass is 351 g/mol. The first-order valence-electron chi connectivity index (χ1n) is 9.03. The van der Waals surface area contributed by atoms with Crippen LogP contribution in [0.2, 0.25) is 0 Å². The third kappa shape index (κ3) is 4.85. The highest BCUT2D eigenvalue weighted by atomic mass is 16.5. The molecule has 0 amide bonds. The normalized spacial score (nSPS) is 21.8. The van der Waals surface area contributed by atoms with Gasteiger partial charge in [0.05, 0.1) is 39.6 Å². The Morgan fingerprint density at radius 1 is 1.24 bits per heavy atom. The Balaban J connectivity index is 1.48. The Hall–Kier alpha value is -1.34. The van der Waals surface area contributed by atoms with Crippen LogP contribution >= 0.6 is 0 Å². The van der Waals surface area contributed by atoms with E-state index in [1.807, 2.05) is 6.07 Å². The van der Waals surface area contributed by atoms with Crippen molar-refractivity contribution in [2.24, 2.45) is 0 Å². The molecule has 2 atom stereocenters. The van der Waals surface area contributed by atoms with Crippen LogP contribution in [-0.2, 0) is 22.4 Å². The quantitative estimate of drug-likeness (QED) is 0.768. The molecule has 1 fully saturated rings. The molecule has 0 aromatic heterocycles. The first-order chi connectivity index (χ1) is 12.2. The summed E-state index contributed by atoms with van der Waals surface area (Å²) >= 11 is 0. The molecule has 3 rings (SSSR count). The van der Waals surface area contributed by atoms with E-state index in [0.717, 1.165) is 50.5 Å². The molecule has 1 aromatic carbocycles. The van der Waals surface area contributed by atoms with Gasteiger partial charge in [-0.3, -0.25) is 4.90 Å². The van der Waals surface area contributed by atoms with Gasteiger partial charge in [0.1, 0.15) is 0 Å². The van der Waals surface area contributed by atoms with Crippen molar-refractivity contribution in [1.29, 1.82) is 0 Å². The minimum Gasteiger partial charge on any atom is -0.493 e. The number of hydrogen-bond donors (Lipinski definition) is 1. The fourth-order valence-electron chi connectivity index (χ4n) is 3.56. The molecule has 140 valence electrons. The van der Waals surface area contributed by atoms with Crippen LogP contribution in [0.4, 0.5) is 0 Å². The van der Waals surface area contributed by atoms with Crippen LogP contribution in [0, 0.1) is 0 Å². The summed E-state index contributed by atoms with van der Waals surface area (Å²) < 4.78 is 21.9. The van der Waals surface area contributed by atoms with Gasteiger partial charge in [-0.05, 0) is 42.5 Å². The molecule has 0 saturated carbocycles. The zero-order chi connectivity index (χ0) is 17.6. The van der Waals surface area contributed by atoms with Gasteiger partial charge in [-0.1, -0.05) is 0 Å². The Labute approximate surface area is 149 Å². The SMILES string of the molecule is COc1cc2c(cc1OC)CN(C[C@H](O)COC[C@@H]1CCCO1)CC2. The zero-order valence-corrected chi connectivity index (χ0v) is 15.2. The van der Waals surface area contributed by atoms with Gasteiger partial charge in [-0.25, -0.2) is 0 Å². The molecule has 2 aliphatic rings. The number of benzene rings is 1. The summed E-state index contributed by atoms with van der Waals surface area (Å²) in [6, 6.07) is 4.10. The molecule has 1 saturated heterocycles.